The Morgan fingerprint density at radius 3 is 3.05 bits per heavy atom. The summed E-state index contributed by atoms with van der Waals surface area (Å²) < 4.78 is 0. The Morgan fingerprint density at radius 1 is 1.50 bits per heavy atom. The molecule has 0 radical (unpaired) electrons. The van der Waals surface area contributed by atoms with Gasteiger partial charge in [0.25, 0.3) is 0 Å². The highest BCUT2D eigenvalue weighted by molar-refractivity contribution is 5.79. The van der Waals surface area contributed by atoms with Crippen molar-refractivity contribution in [2.45, 2.75) is 69.6 Å². The molecule has 3 fully saturated rings. The molecule has 4 aliphatic rings. The third-order valence-corrected chi connectivity index (χ3v) is 6.50. The second kappa shape index (κ2) is 4.81. The molecule has 1 aliphatic heterocycles. The summed E-state index contributed by atoms with van der Waals surface area (Å²) in [6, 6.07) is 0.377. The molecule has 2 bridgehead atoms. The van der Waals surface area contributed by atoms with Crippen LogP contribution >= 0.6 is 0 Å². The van der Waals surface area contributed by atoms with Gasteiger partial charge >= 0.3 is 0 Å². The SMILES string of the molecule is C[C@@H]1CCCN1C(=O)CNC1(C)C=C2CC3CC(O)(CC23)C1. The van der Waals surface area contributed by atoms with Crippen LogP contribution in [-0.2, 0) is 4.79 Å². The van der Waals surface area contributed by atoms with Crippen LogP contribution in [0.3, 0.4) is 0 Å². The van der Waals surface area contributed by atoms with Crippen LogP contribution in [0, 0.1) is 11.8 Å². The van der Waals surface area contributed by atoms with Gasteiger partial charge in [-0.1, -0.05) is 11.6 Å². The molecule has 3 aliphatic carbocycles. The zero-order valence-corrected chi connectivity index (χ0v) is 13.8. The highest BCUT2D eigenvalue weighted by Crippen LogP contribution is 2.59. The van der Waals surface area contributed by atoms with E-state index in [-0.39, 0.29) is 11.4 Å². The lowest BCUT2D eigenvalue weighted by Gasteiger charge is -2.40. The van der Waals surface area contributed by atoms with E-state index in [9.17, 15) is 9.90 Å². The second-order valence-corrected chi connectivity index (χ2v) is 8.45. The first kappa shape index (κ1) is 14.7. The molecule has 0 aromatic heterocycles. The van der Waals surface area contributed by atoms with E-state index >= 15 is 0 Å². The van der Waals surface area contributed by atoms with Gasteiger partial charge in [0.2, 0.25) is 5.91 Å². The van der Waals surface area contributed by atoms with Gasteiger partial charge in [-0.05, 0) is 64.2 Å². The molecule has 5 atom stereocenters. The lowest BCUT2D eigenvalue weighted by Crippen LogP contribution is -2.51. The molecule has 1 amide bonds. The fraction of sp³-hybridized carbons (Fsp3) is 0.833. The summed E-state index contributed by atoms with van der Waals surface area (Å²) in [6.07, 6.45) is 8.33. The number of hydrogen-bond donors (Lipinski definition) is 2. The first-order chi connectivity index (χ1) is 10.4. The Kier molecular flexibility index (Phi) is 3.22. The molecule has 2 saturated carbocycles. The van der Waals surface area contributed by atoms with Gasteiger partial charge in [0.05, 0.1) is 12.1 Å². The number of aliphatic hydroxyl groups is 1. The van der Waals surface area contributed by atoms with Crippen molar-refractivity contribution in [3.63, 3.8) is 0 Å². The van der Waals surface area contributed by atoms with E-state index in [0.29, 0.717) is 24.4 Å². The van der Waals surface area contributed by atoms with Crippen LogP contribution in [0.2, 0.25) is 0 Å². The molecular weight excluding hydrogens is 276 g/mol. The number of fused-ring (bicyclic) bond motifs is 1. The van der Waals surface area contributed by atoms with E-state index in [1.165, 1.54) is 5.57 Å². The Hall–Kier alpha value is -0.870. The zero-order chi connectivity index (χ0) is 15.5. The first-order valence-electron chi connectivity index (χ1n) is 8.86. The molecule has 0 spiro atoms. The zero-order valence-electron chi connectivity index (χ0n) is 13.8. The molecule has 4 heteroatoms. The van der Waals surface area contributed by atoms with Gasteiger partial charge < -0.3 is 10.0 Å². The van der Waals surface area contributed by atoms with Crippen molar-refractivity contribution in [3.8, 4) is 0 Å². The topological polar surface area (TPSA) is 52.6 Å². The smallest absolute Gasteiger partial charge is 0.236 e. The van der Waals surface area contributed by atoms with Gasteiger partial charge in [0.1, 0.15) is 0 Å². The average Bonchev–Trinajstić information content (AvgIpc) is 2.93. The highest BCUT2D eigenvalue weighted by atomic mass is 16.3. The maximum absolute atomic E-state index is 12.4. The normalized spacial score (nSPS) is 46.2. The maximum Gasteiger partial charge on any atom is 0.236 e. The molecule has 1 heterocycles. The van der Waals surface area contributed by atoms with Crippen molar-refractivity contribution in [2.75, 3.05) is 13.1 Å². The fourth-order valence-electron chi connectivity index (χ4n) is 5.48. The Bertz CT molecular complexity index is 531. The monoisotopic (exact) mass is 304 g/mol. The summed E-state index contributed by atoms with van der Waals surface area (Å²) in [5, 5.41) is 14.4. The Balaban J connectivity index is 1.44. The van der Waals surface area contributed by atoms with Crippen molar-refractivity contribution in [2.24, 2.45) is 11.8 Å². The van der Waals surface area contributed by atoms with Gasteiger partial charge in [0, 0.05) is 18.1 Å². The minimum atomic E-state index is -0.532. The van der Waals surface area contributed by atoms with Crippen molar-refractivity contribution >= 4 is 5.91 Å². The number of carbonyl (C=O) groups excluding carboxylic acids is 1. The number of hydrogen-bond acceptors (Lipinski definition) is 3. The predicted molar refractivity (Wildman–Crippen MR) is 85.3 cm³/mol. The van der Waals surface area contributed by atoms with Crippen LogP contribution in [0.25, 0.3) is 0 Å². The average molecular weight is 304 g/mol. The summed E-state index contributed by atoms with van der Waals surface area (Å²) in [5.41, 5.74) is 0.731. The van der Waals surface area contributed by atoms with Gasteiger partial charge in [-0.25, -0.2) is 0 Å². The molecule has 22 heavy (non-hydrogen) atoms. The minimum absolute atomic E-state index is 0.206. The number of likely N-dealkylation sites (tertiary alicyclic amines) is 1. The largest absolute Gasteiger partial charge is 0.390 e. The molecule has 4 nitrogen and oxygen atoms in total. The van der Waals surface area contributed by atoms with Crippen LogP contribution in [-0.4, -0.2) is 46.2 Å². The van der Waals surface area contributed by atoms with E-state index in [2.05, 4.69) is 25.2 Å². The van der Waals surface area contributed by atoms with E-state index in [1.54, 1.807) is 0 Å². The van der Waals surface area contributed by atoms with Crippen LogP contribution in [0.1, 0.15) is 52.4 Å². The van der Waals surface area contributed by atoms with E-state index < -0.39 is 5.60 Å². The standard InChI is InChI=1S/C18H28N2O2/c1-12-4-3-5-20(12)16(21)10-19-17(2)7-13-6-14-8-18(22,11-17)9-15(13)14/h7,12,14-15,19,22H,3-6,8-11H2,1-2H3/t12-,14?,15?,17?,18?/m1/s1. The van der Waals surface area contributed by atoms with Crippen LogP contribution in [0.5, 0.6) is 0 Å². The Morgan fingerprint density at radius 2 is 2.32 bits per heavy atom. The molecule has 4 unspecified atom stereocenters. The molecule has 1 saturated heterocycles. The number of nitrogens with zero attached hydrogens (tertiary/aromatic N) is 1. The number of nitrogens with one attached hydrogen (secondary N) is 1. The number of amides is 1. The lowest BCUT2D eigenvalue weighted by atomic mass is 9.69. The lowest BCUT2D eigenvalue weighted by molar-refractivity contribution is -0.131. The van der Waals surface area contributed by atoms with Crippen molar-refractivity contribution in [3.05, 3.63) is 11.6 Å². The van der Waals surface area contributed by atoms with Gasteiger partial charge in [-0.2, -0.15) is 0 Å². The van der Waals surface area contributed by atoms with Crippen LogP contribution in [0.4, 0.5) is 0 Å². The summed E-state index contributed by atoms with van der Waals surface area (Å²) in [5.74, 6) is 1.54. The number of carbonyl (C=O) groups is 1. The quantitative estimate of drug-likeness (QED) is 0.782. The summed E-state index contributed by atoms with van der Waals surface area (Å²) >= 11 is 0. The van der Waals surface area contributed by atoms with Gasteiger partial charge in [-0.3, -0.25) is 10.1 Å². The third kappa shape index (κ3) is 2.31. The van der Waals surface area contributed by atoms with Gasteiger partial charge in [0.15, 0.2) is 0 Å². The van der Waals surface area contributed by atoms with E-state index in [4.69, 9.17) is 0 Å². The molecule has 122 valence electrons. The molecule has 4 rings (SSSR count). The Labute approximate surface area is 132 Å². The molecule has 0 aromatic rings. The third-order valence-electron chi connectivity index (χ3n) is 6.50. The van der Waals surface area contributed by atoms with Crippen molar-refractivity contribution < 1.29 is 9.90 Å². The maximum atomic E-state index is 12.4. The molecular formula is C18H28N2O2. The summed E-state index contributed by atoms with van der Waals surface area (Å²) in [6.45, 7) is 5.56. The van der Waals surface area contributed by atoms with E-state index in [1.807, 2.05) is 4.90 Å². The number of rotatable bonds is 3. The molecule has 0 aromatic carbocycles. The fourth-order valence-corrected chi connectivity index (χ4v) is 5.48. The number of allylic oxidation sites excluding steroid dienone is 1. The van der Waals surface area contributed by atoms with Gasteiger partial charge in [-0.15, -0.1) is 0 Å². The van der Waals surface area contributed by atoms with Crippen molar-refractivity contribution in [1.82, 2.24) is 10.2 Å². The second-order valence-electron chi connectivity index (χ2n) is 8.45. The van der Waals surface area contributed by atoms with E-state index in [0.717, 1.165) is 45.1 Å². The minimum Gasteiger partial charge on any atom is -0.390 e. The summed E-state index contributed by atoms with van der Waals surface area (Å²) in [4.78, 5) is 14.4. The first-order valence-corrected chi connectivity index (χ1v) is 8.86. The van der Waals surface area contributed by atoms with Crippen molar-refractivity contribution in [1.29, 1.82) is 0 Å². The van der Waals surface area contributed by atoms with Crippen LogP contribution < -0.4 is 5.32 Å². The molecule has 2 N–H and O–H groups in total. The summed E-state index contributed by atoms with van der Waals surface area (Å²) in [7, 11) is 0. The highest BCUT2D eigenvalue weighted by Gasteiger charge is 2.55. The predicted octanol–water partition coefficient (Wildman–Crippen LogP) is 1.84. The van der Waals surface area contributed by atoms with Crippen LogP contribution in [0.15, 0.2) is 11.6 Å².